The quantitative estimate of drug-likeness (QED) is 0.771. The molecule has 0 fully saturated rings. The van der Waals surface area contributed by atoms with E-state index in [0.29, 0.717) is 12.5 Å². The fourth-order valence-corrected chi connectivity index (χ4v) is 1.63. The lowest BCUT2D eigenvalue weighted by Gasteiger charge is -2.12. The van der Waals surface area contributed by atoms with Crippen LogP contribution in [0.1, 0.15) is 31.1 Å². The minimum absolute atomic E-state index is 0.466. The molecule has 0 amide bonds. The lowest BCUT2D eigenvalue weighted by molar-refractivity contribution is 0.267. The van der Waals surface area contributed by atoms with Gasteiger partial charge in [0.25, 0.3) is 0 Å². The standard InChI is InChI=1S/C14H16O2/c1-11(2)13-7-3-4-8-14(13)16-10-12-6-5-9-15-12/h3-9,11H,10H2,1-2H3. The van der Waals surface area contributed by atoms with Gasteiger partial charge in [0.2, 0.25) is 0 Å². The highest BCUT2D eigenvalue weighted by Gasteiger charge is 2.07. The number of benzene rings is 1. The molecule has 2 heteroatoms. The molecule has 0 aliphatic rings. The Kier molecular flexibility index (Phi) is 3.30. The molecule has 1 aromatic carbocycles. The summed E-state index contributed by atoms with van der Waals surface area (Å²) in [6.07, 6.45) is 1.66. The van der Waals surface area contributed by atoms with E-state index in [4.69, 9.17) is 9.15 Å². The van der Waals surface area contributed by atoms with Gasteiger partial charge in [-0.15, -0.1) is 0 Å². The second-order valence-corrected chi connectivity index (χ2v) is 4.06. The Hall–Kier alpha value is -1.70. The predicted molar refractivity (Wildman–Crippen MR) is 63.6 cm³/mol. The minimum Gasteiger partial charge on any atom is -0.485 e. The van der Waals surface area contributed by atoms with Crippen molar-refractivity contribution in [1.29, 1.82) is 0 Å². The molecule has 0 atom stereocenters. The van der Waals surface area contributed by atoms with E-state index in [1.807, 2.05) is 30.3 Å². The Morgan fingerprint density at radius 1 is 1.12 bits per heavy atom. The lowest BCUT2D eigenvalue weighted by atomic mass is 10.0. The Balaban J connectivity index is 2.09. The second kappa shape index (κ2) is 4.88. The van der Waals surface area contributed by atoms with Crippen LogP contribution < -0.4 is 4.74 Å². The normalized spacial score (nSPS) is 10.7. The Morgan fingerprint density at radius 3 is 2.62 bits per heavy atom. The monoisotopic (exact) mass is 216 g/mol. The van der Waals surface area contributed by atoms with Crippen molar-refractivity contribution in [3.8, 4) is 5.75 Å². The summed E-state index contributed by atoms with van der Waals surface area (Å²) in [7, 11) is 0. The van der Waals surface area contributed by atoms with Crippen molar-refractivity contribution in [3.05, 3.63) is 54.0 Å². The number of hydrogen-bond donors (Lipinski definition) is 0. The summed E-state index contributed by atoms with van der Waals surface area (Å²) in [6, 6.07) is 11.9. The van der Waals surface area contributed by atoms with E-state index in [2.05, 4.69) is 19.9 Å². The molecule has 0 radical (unpaired) electrons. The average Bonchev–Trinajstić information content (AvgIpc) is 2.79. The minimum atomic E-state index is 0.466. The summed E-state index contributed by atoms with van der Waals surface area (Å²) < 4.78 is 11.0. The van der Waals surface area contributed by atoms with E-state index in [1.165, 1.54) is 5.56 Å². The number of hydrogen-bond acceptors (Lipinski definition) is 2. The van der Waals surface area contributed by atoms with Crippen LogP contribution in [0.2, 0.25) is 0 Å². The molecular weight excluding hydrogens is 200 g/mol. The summed E-state index contributed by atoms with van der Waals surface area (Å²) >= 11 is 0. The fraction of sp³-hybridized carbons (Fsp3) is 0.286. The SMILES string of the molecule is CC(C)c1ccccc1OCc1ccco1. The number of rotatable bonds is 4. The Bertz CT molecular complexity index is 430. The first-order valence-corrected chi connectivity index (χ1v) is 5.51. The number of ether oxygens (including phenoxy) is 1. The largest absolute Gasteiger partial charge is 0.485 e. The van der Waals surface area contributed by atoms with E-state index in [-0.39, 0.29) is 0 Å². The van der Waals surface area contributed by atoms with Gasteiger partial charge in [0.1, 0.15) is 18.1 Å². The van der Waals surface area contributed by atoms with Crippen LogP contribution in [0.3, 0.4) is 0 Å². The molecule has 2 rings (SSSR count). The van der Waals surface area contributed by atoms with Crippen LogP contribution in [0.5, 0.6) is 5.75 Å². The van der Waals surface area contributed by atoms with Crippen LogP contribution in [-0.4, -0.2) is 0 Å². The van der Waals surface area contributed by atoms with Gasteiger partial charge in [-0.25, -0.2) is 0 Å². The molecule has 0 aliphatic carbocycles. The van der Waals surface area contributed by atoms with E-state index in [1.54, 1.807) is 6.26 Å². The first-order chi connectivity index (χ1) is 7.77. The summed E-state index contributed by atoms with van der Waals surface area (Å²) in [5, 5.41) is 0. The van der Waals surface area contributed by atoms with Gasteiger partial charge in [-0.2, -0.15) is 0 Å². The summed E-state index contributed by atoms with van der Waals surface area (Å²) in [5.41, 5.74) is 1.23. The fourth-order valence-electron chi connectivity index (χ4n) is 1.63. The van der Waals surface area contributed by atoms with Crippen molar-refractivity contribution in [3.63, 3.8) is 0 Å². The third-order valence-electron chi connectivity index (χ3n) is 2.49. The third kappa shape index (κ3) is 2.45. The van der Waals surface area contributed by atoms with Gasteiger partial charge in [0.15, 0.2) is 0 Å². The maximum Gasteiger partial charge on any atom is 0.146 e. The highest BCUT2D eigenvalue weighted by molar-refractivity contribution is 5.35. The molecule has 0 unspecified atom stereocenters. The van der Waals surface area contributed by atoms with Gasteiger partial charge < -0.3 is 9.15 Å². The van der Waals surface area contributed by atoms with Crippen LogP contribution >= 0.6 is 0 Å². The zero-order valence-electron chi connectivity index (χ0n) is 9.64. The molecule has 1 heterocycles. The summed E-state index contributed by atoms with van der Waals surface area (Å²) in [5.74, 6) is 2.25. The highest BCUT2D eigenvalue weighted by Crippen LogP contribution is 2.26. The van der Waals surface area contributed by atoms with Gasteiger partial charge in [-0.05, 0) is 29.7 Å². The van der Waals surface area contributed by atoms with E-state index >= 15 is 0 Å². The van der Waals surface area contributed by atoms with E-state index in [9.17, 15) is 0 Å². The lowest BCUT2D eigenvalue weighted by Crippen LogP contribution is -1.98. The van der Waals surface area contributed by atoms with E-state index < -0.39 is 0 Å². The number of para-hydroxylation sites is 1. The van der Waals surface area contributed by atoms with Crippen LogP contribution in [0.15, 0.2) is 47.1 Å². The smallest absolute Gasteiger partial charge is 0.146 e. The predicted octanol–water partition coefficient (Wildman–Crippen LogP) is 3.98. The molecule has 0 saturated carbocycles. The molecule has 0 aliphatic heterocycles. The first-order valence-electron chi connectivity index (χ1n) is 5.51. The van der Waals surface area contributed by atoms with Crippen LogP contribution in [0.4, 0.5) is 0 Å². The van der Waals surface area contributed by atoms with Gasteiger partial charge in [-0.3, -0.25) is 0 Å². The molecule has 2 aromatic rings. The zero-order chi connectivity index (χ0) is 11.4. The van der Waals surface area contributed by atoms with Crippen LogP contribution in [0, 0.1) is 0 Å². The topological polar surface area (TPSA) is 22.4 Å². The Labute approximate surface area is 95.9 Å². The molecule has 84 valence electrons. The van der Waals surface area contributed by atoms with Crippen molar-refractivity contribution in [2.75, 3.05) is 0 Å². The van der Waals surface area contributed by atoms with Crippen LogP contribution in [0.25, 0.3) is 0 Å². The summed E-state index contributed by atoms with van der Waals surface area (Å²) in [6.45, 7) is 4.81. The van der Waals surface area contributed by atoms with E-state index in [0.717, 1.165) is 11.5 Å². The zero-order valence-corrected chi connectivity index (χ0v) is 9.64. The van der Waals surface area contributed by atoms with Gasteiger partial charge >= 0.3 is 0 Å². The van der Waals surface area contributed by atoms with Crippen molar-refractivity contribution < 1.29 is 9.15 Å². The van der Waals surface area contributed by atoms with Gasteiger partial charge in [0, 0.05) is 0 Å². The average molecular weight is 216 g/mol. The molecule has 0 saturated heterocycles. The molecular formula is C14H16O2. The van der Waals surface area contributed by atoms with Crippen molar-refractivity contribution >= 4 is 0 Å². The summed E-state index contributed by atoms with van der Waals surface area (Å²) in [4.78, 5) is 0. The third-order valence-corrected chi connectivity index (χ3v) is 2.49. The van der Waals surface area contributed by atoms with Gasteiger partial charge in [0.05, 0.1) is 6.26 Å². The molecule has 0 bridgehead atoms. The van der Waals surface area contributed by atoms with Crippen LogP contribution in [-0.2, 0) is 6.61 Å². The highest BCUT2D eigenvalue weighted by atomic mass is 16.5. The number of furan rings is 1. The van der Waals surface area contributed by atoms with Gasteiger partial charge in [-0.1, -0.05) is 32.0 Å². The molecule has 2 nitrogen and oxygen atoms in total. The van der Waals surface area contributed by atoms with Crippen molar-refractivity contribution in [2.45, 2.75) is 26.4 Å². The first kappa shape index (κ1) is 10.8. The second-order valence-electron chi connectivity index (χ2n) is 4.06. The molecule has 16 heavy (non-hydrogen) atoms. The van der Waals surface area contributed by atoms with Crippen molar-refractivity contribution in [1.82, 2.24) is 0 Å². The van der Waals surface area contributed by atoms with Crippen molar-refractivity contribution in [2.24, 2.45) is 0 Å². The maximum atomic E-state index is 5.75. The maximum absolute atomic E-state index is 5.75. The molecule has 1 aromatic heterocycles. The molecule has 0 N–H and O–H groups in total. The molecule has 0 spiro atoms. The Morgan fingerprint density at radius 2 is 1.94 bits per heavy atom.